The Morgan fingerprint density at radius 3 is 2.32 bits per heavy atom. The summed E-state index contributed by atoms with van der Waals surface area (Å²) in [4.78, 5) is 5.12. The number of imidazole rings is 1. The molecule has 38 heavy (non-hydrogen) atoms. The van der Waals surface area contributed by atoms with Crippen LogP contribution < -0.4 is 16.4 Å². The minimum Gasteiger partial charge on any atom is -0.366 e. The Hall–Kier alpha value is -2.69. The minimum atomic E-state index is -3.44. The molecule has 6 rings (SSSR count). The van der Waals surface area contributed by atoms with Gasteiger partial charge in [0.15, 0.2) is 5.65 Å². The molecule has 1 saturated heterocycles. The highest BCUT2D eigenvalue weighted by Crippen LogP contribution is 2.35. The summed E-state index contributed by atoms with van der Waals surface area (Å²) >= 11 is 0. The van der Waals surface area contributed by atoms with E-state index in [1.54, 1.807) is 16.4 Å². The third-order valence-corrected chi connectivity index (χ3v) is 10.4. The van der Waals surface area contributed by atoms with Crippen molar-refractivity contribution in [3.05, 3.63) is 42.2 Å². The Bertz CT molecular complexity index is 1350. The molecular weight excluding hydrogens is 498 g/mol. The number of anilines is 3. The zero-order chi connectivity index (χ0) is 26.1. The van der Waals surface area contributed by atoms with Gasteiger partial charge in [0.05, 0.1) is 22.5 Å². The SMILES string of the molecule is NC1CCC(Nc2cc(Nc3ccc(S(=O)(=O)N4CCCC4)cc3)c3ncc(C4CCCCC4)n3n2)CC1. The maximum Gasteiger partial charge on any atom is 0.243 e. The van der Waals surface area contributed by atoms with Gasteiger partial charge in [-0.3, -0.25) is 0 Å². The third kappa shape index (κ3) is 5.26. The summed E-state index contributed by atoms with van der Waals surface area (Å²) in [6.07, 6.45) is 14.1. The molecule has 4 N–H and O–H groups in total. The first-order valence-corrected chi connectivity index (χ1v) is 15.7. The first-order chi connectivity index (χ1) is 18.5. The molecule has 1 aromatic carbocycles. The zero-order valence-corrected chi connectivity index (χ0v) is 22.8. The van der Waals surface area contributed by atoms with Crippen molar-refractivity contribution in [3.63, 3.8) is 0 Å². The van der Waals surface area contributed by atoms with Crippen molar-refractivity contribution in [1.29, 1.82) is 0 Å². The van der Waals surface area contributed by atoms with Crippen LogP contribution in [0.2, 0.25) is 0 Å². The summed E-state index contributed by atoms with van der Waals surface area (Å²) in [5.41, 5.74) is 9.76. The zero-order valence-electron chi connectivity index (χ0n) is 22.0. The lowest BCUT2D eigenvalue weighted by molar-refractivity contribution is 0.410. The van der Waals surface area contributed by atoms with Gasteiger partial charge in [-0.15, -0.1) is 5.10 Å². The third-order valence-electron chi connectivity index (χ3n) is 8.48. The Morgan fingerprint density at radius 1 is 0.895 bits per heavy atom. The molecule has 0 bridgehead atoms. The second-order valence-electron chi connectivity index (χ2n) is 11.2. The van der Waals surface area contributed by atoms with E-state index in [1.165, 1.54) is 37.8 Å². The van der Waals surface area contributed by atoms with E-state index in [9.17, 15) is 8.42 Å². The molecule has 10 heteroatoms. The number of fused-ring (bicyclic) bond motifs is 1. The summed E-state index contributed by atoms with van der Waals surface area (Å²) in [6.45, 7) is 1.20. The molecule has 0 radical (unpaired) electrons. The fourth-order valence-corrected chi connectivity index (χ4v) is 7.76. The van der Waals surface area contributed by atoms with Gasteiger partial charge in [0.2, 0.25) is 10.0 Å². The van der Waals surface area contributed by atoms with E-state index >= 15 is 0 Å². The Labute approximate surface area is 225 Å². The second kappa shape index (κ2) is 10.8. The van der Waals surface area contributed by atoms with Crippen LogP contribution >= 0.6 is 0 Å². The number of rotatable bonds is 7. The van der Waals surface area contributed by atoms with Crippen LogP contribution in [-0.4, -0.2) is 52.5 Å². The standard InChI is InChI=1S/C28H39N7O2S/c29-21-8-10-23(11-9-21)32-27-18-25(28-30-19-26(35(28)33-27)20-6-2-1-3-7-20)31-22-12-14-24(15-13-22)38(36,37)34-16-4-5-17-34/h12-15,18-21,23,31H,1-11,16-17,29H2,(H,32,33). The largest absolute Gasteiger partial charge is 0.366 e. The molecule has 0 atom stereocenters. The fraction of sp³-hybridized carbons (Fsp3) is 0.571. The van der Waals surface area contributed by atoms with Crippen molar-refractivity contribution in [3.8, 4) is 0 Å². The molecule has 3 aliphatic rings. The van der Waals surface area contributed by atoms with E-state index in [0.717, 1.165) is 61.4 Å². The summed E-state index contributed by atoms with van der Waals surface area (Å²) in [6, 6.07) is 9.72. The average molecular weight is 538 g/mol. The Kier molecular flexibility index (Phi) is 7.29. The number of aromatic nitrogens is 3. The quantitative estimate of drug-likeness (QED) is 0.389. The van der Waals surface area contributed by atoms with Crippen molar-refractivity contribution >= 4 is 32.9 Å². The van der Waals surface area contributed by atoms with E-state index in [2.05, 4.69) is 10.6 Å². The number of hydrogen-bond donors (Lipinski definition) is 3. The molecule has 2 saturated carbocycles. The lowest BCUT2D eigenvalue weighted by Crippen LogP contribution is -2.33. The summed E-state index contributed by atoms with van der Waals surface area (Å²) in [7, 11) is -3.44. The Morgan fingerprint density at radius 2 is 1.61 bits per heavy atom. The van der Waals surface area contributed by atoms with Crippen molar-refractivity contribution in [1.82, 2.24) is 18.9 Å². The Balaban J connectivity index is 1.30. The minimum absolute atomic E-state index is 0.296. The van der Waals surface area contributed by atoms with Crippen molar-refractivity contribution in [2.24, 2.45) is 5.73 Å². The number of nitrogens with two attached hydrogens (primary N) is 1. The highest BCUT2D eigenvalue weighted by molar-refractivity contribution is 7.89. The predicted octanol–water partition coefficient (Wildman–Crippen LogP) is 4.99. The van der Waals surface area contributed by atoms with Crippen molar-refractivity contribution < 1.29 is 8.42 Å². The molecule has 3 aromatic rings. The second-order valence-corrected chi connectivity index (χ2v) is 13.2. The van der Waals surface area contributed by atoms with Crippen LogP contribution in [0.15, 0.2) is 41.4 Å². The highest BCUT2D eigenvalue weighted by Gasteiger charge is 2.27. The highest BCUT2D eigenvalue weighted by atomic mass is 32.2. The van der Waals surface area contributed by atoms with Gasteiger partial charge < -0.3 is 16.4 Å². The monoisotopic (exact) mass is 537 g/mol. The van der Waals surface area contributed by atoms with Crippen LogP contribution in [0.4, 0.5) is 17.2 Å². The van der Waals surface area contributed by atoms with Gasteiger partial charge in [0.1, 0.15) is 5.82 Å². The first kappa shape index (κ1) is 25.6. The van der Waals surface area contributed by atoms with Gasteiger partial charge in [-0.05, 0) is 75.6 Å². The van der Waals surface area contributed by atoms with E-state index in [0.29, 0.717) is 36.0 Å². The lowest BCUT2D eigenvalue weighted by Gasteiger charge is -2.27. The molecule has 2 aromatic heterocycles. The molecule has 9 nitrogen and oxygen atoms in total. The average Bonchev–Trinajstić information content (AvgIpc) is 3.62. The van der Waals surface area contributed by atoms with Crippen LogP contribution in [0.5, 0.6) is 0 Å². The van der Waals surface area contributed by atoms with Crippen LogP contribution in [0, 0.1) is 0 Å². The topological polar surface area (TPSA) is 118 Å². The van der Waals surface area contributed by atoms with Crippen molar-refractivity contribution in [2.75, 3.05) is 23.7 Å². The molecule has 0 spiro atoms. The molecule has 3 fully saturated rings. The van der Waals surface area contributed by atoms with Crippen LogP contribution in [0.1, 0.15) is 82.2 Å². The van der Waals surface area contributed by atoms with E-state index in [-0.39, 0.29) is 0 Å². The van der Waals surface area contributed by atoms with Gasteiger partial charge in [0.25, 0.3) is 0 Å². The van der Waals surface area contributed by atoms with E-state index in [4.69, 9.17) is 15.8 Å². The first-order valence-electron chi connectivity index (χ1n) is 14.3. The number of nitrogens with one attached hydrogen (secondary N) is 2. The summed E-state index contributed by atoms with van der Waals surface area (Å²) < 4.78 is 29.5. The summed E-state index contributed by atoms with van der Waals surface area (Å²) in [5, 5.41) is 12.2. The van der Waals surface area contributed by atoms with Gasteiger partial charge in [-0.25, -0.2) is 17.9 Å². The van der Waals surface area contributed by atoms with Gasteiger partial charge >= 0.3 is 0 Å². The predicted molar refractivity (Wildman–Crippen MR) is 150 cm³/mol. The number of sulfonamides is 1. The number of hydrogen-bond acceptors (Lipinski definition) is 7. The van der Waals surface area contributed by atoms with E-state index < -0.39 is 10.0 Å². The molecule has 1 aliphatic heterocycles. The number of benzene rings is 1. The van der Waals surface area contributed by atoms with Crippen molar-refractivity contribution in [2.45, 2.75) is 93.5 Å². The molecule has 0 unspecified atom stereocenters. The maximum atomic E-state index is 13.0. The molecule has 0 amide bonds. The molecular formula is C28H39N7O2S. The number of nitrogens with zero attached hydrogens (tertiary/aromatic N) is 4. The van der Waals surface area contributed by atoms with Gasteiger partial charge in [-0.2, -0.15) is 4.31 Å². The lowest BCUT2D eigenvalue weighted by atomic mass is 9.87. The summed E-state index contributed by atoms with van der Waals surface area (Å²) in [5.74, 6) is 1.29. The molecule has 3 heterocycles. The molecule has 204 valence electrons. The van der Waals surface area contributed by atoms with Crippen LogP contribution in [0.3, 0.4) is 0 Å². The normalized spacial score (nSPS) is 23.6. The smallest absolute Gasteiger partial charge is 0.243 e. The van der Waals surface area contributed by atoms with E-state index in [1.807, 2.05) is 28.9 Å². The van der Waals surface area contributed by atoms with Gasteiger partial charge in [0, 0.05) is 42.8 Å². The molecule has 2 aliphatic carbocycles. The van der Waals surface area contributed by atoms with Crippen LogP contribution in [-0.2, 0) is 10.0 Å². The fourth-order valence-electron chi connectivity index (χ4n) is 6.24. The maximum absolute atomic E-state index is 13.0. The van der Waals surface area contributed by atoms with Crippen LogP contribution in [0.25, 0.3) is 5.65 Å². The van der Waals surface area contributed by atoms with Gasteiger partial charge in [-0.1, -0.05) is 19.3 Å².